The summed E-state index contributed by atoms with van der Waals surface area (Å²) in [6.07, 6.45) is 2.49. The Labute approximate surface area is 164 Å². The second-order valence-electron chi connectivity index (χ2n) is 6.11. The van der Waals surface area contributed by atoms with Crippen LogP contribution in [0.4, 0.5) is 11.5 Å². The highest BCUT2D eigenvalue weighted by molar-refractivity contribution is 6.05. The van der Waals surface area contributed by atoms with Crippen molar-refractivity contribution < 1.29 is 14.3 Å². The van der Waals surface area contributed by atoms with Gasteiger partial charge in [-0.1, -0.05) is 30.3 Å². The van der Waals surface area contributed by atoms with Gasteiger partial charge in [-0.05, 0) is 36.2 Å². The molecular formula is C22H23N3O3. The van der Waals surface area contributed by atoms with Gasteiger partial charge in [-0.15, -0.1) is 0 Å². The number of amides is 1. The van der Waals surface area contributed by atoms with Crippen LogP contribution < -0.4 is 20.1 Å². The Bertz CT molecular complexity index is 929. The largest absolute Gasteiger partial charge is 0.497 e. The Kier molecular flexibility index (Phi) is 6.46. The number of ether oxygens (including phenoxy) is 2. The smallest absolute Gasteiger partial charge is 0.255 e. The van der Waals surface area contributed by atoms with Crippen LogP contribution in [0.25, 0.3) is 0 Å². The summed E-state index contributed by atoms with van der Waals surface area (Å²) in [6, 6.07) is 18.8. The van der Waals surface area contributed by atoms with E-state index >= 15 is 0 Å². The molecule has 1 aromatic heterocycles. The minimum atomic E-state index is -0.250. The number of methoxy groups -OCH3 is 2. The van der Waals surface area contributed by atoms with Gasteiger partial charge in [-0.3, -0.25) is 4.79 Å². The highest BCUT2D eigenvalue weighted by Crippen LogP contribution is 2.29. The molecule has 0 saturated carbocycles. The lowest BCUT2D eigenvalue weighted by molar-refractivity contribution is 0.102. The average molecular weight is 377 g/mol. The van der Waals surface area contributed by atoms with Gasteiger partial charge in [-0.2, -0.15) is 0 Å². The van der Waals surface area contributed by atoms with Crippen molar-refractivity contribution in [3.63, 3.8) is 0 Å². The van der Waals surface area contributed by atoms with Crippen molar-refractivity contribution >= 4 is 17.4 Å². The number of hydrogen-bond donors (Lipinski definition) is 2. The SMILES string of the molecule is COc1ccc(OC)c(NC(=O)c2ccnc(NCCc3ccccc3)c2)c1. The van der Waals surface area contributed by atoms with Crippen LogP contribution in [0.15, 0.2) is 66.9 Å². The van der Waals surface area contributed by atoms with Gasteiger partial charge in [0.25, 0.3) is 5.91 Å². The lowest BCUT2D eigenvalue weighted by Gasteiger charge is -2.12. The van der Waals surface area contributed by atoms with E-state index in [2.05, 4.69) is 27.8 Å². The fourth-order valence-corrected chi connectivity index (χ4v) is 2.75. The molecule has 2 aromatic carbocycles. The van der Waals surface area contributed by atoms with E-state index in [4.69, 9.17) is 9.47 Å². The van der Waals surface area contributed by atoms with E-state index in [0.29, 0.717) is 28.6 Å². The molecule has 1 heterocycles. The molecule has 3 rings (SSSR count). The van der Waals surface area contributed by atoms with Gasteiger partial charge in [0.1, 0.15) is 17.3 Å². The summed E-state index contributed by atoms with van der Waals surface area (Å²) >= 11 is 0. The minimum absolute atomic E-state index is 0.250. The molecule has 0 unspecified atom stereocenters. The van der Waals surface area contributed by atoms with E-state index in [1.54, 1.807) is 50.7 Å². The standard InChI is InChI=1S/C22H23N3O3/c1-27-18-8-9-20(28-2)19(15-18)25-22(26)17-11-13-24-21(14-17)23-12-10-16-6-4-3-5-7-16/h3-9,11,13-15H,10,12H2,1-2H3,(H,23,24)(H,25,26). The molecular weight excluding hydrogens is 354 g/mol. The molecule has 0 aliphatic carbocycles. The van der Waals surface area contributed by atoms with E-state index in [0.717, 1.165) is 13.0 Å². The van der Waals surface area contributed by atoms with Crippen LogP contribution in [-0.2, 0) is 6.42 Å². The molecule has 0 atom stereocenters. The topological polar surface area (TPSA) is 72.5 Å². The maximum absolute atomic E-state index is 12.7. The molecule has 0 radical (unpaired) electrons. The Morgan fingerprint density at radius 1 is 1.00 bits per heavy atom. The van der Waals surface area contributed by atoms with Gasteiger partial charge in [0.05, 0.1) is 19.9 Å². The minimum Gasteiger partial charge on any atom is -0.497 e. The summed E-state index contributed by atoms with van der Waals surface area (Å²) in [5, 5.41) is 6.12. The van der Waals surface area contributed by atoms with Crippen LogP contribution in [0, 0.1) is 0 Å². The normalized spacial score (nSPS) is 10.2. The van der Waals surface area contributed by atoms with Crippen molar-refractivity contribution in [3.05, 3.63) is 78.0 Å². The number of hydrogen-bond acceptors (Lipinski definition) is 5. The average Bonchev–Trinajstić information content (AvgIpc) is 2.74. The van der Waals surface area contributed by atoms with Crippen LogP contribution in [0.1, 0.15) is 15.9 Å². The summed E-state index contributed by atoms with van der Waals surface area (Å²) in [4.78, 5) is 17.0. The molecule has 6 nitrogen and oxygen atoms in total. The van der Waals surface area contributed by atoms with Crippen molar-refractivity contribution in [2.24, 2.45) is 0 Å². The highest BCUT2D eigenvalue weighted by atomic mass is 16.5. The molecule has 28 heavy (non-hydrogen) atoms. The predicted molar refractivity (Wildman–Crippen MR) is 110 cm³/mol. The Morgan fingerprint density at radius 2 is 1.82 bits per heavy atom. The Balaban J connectivity index is 1.65. The first-order valence-corrected chi connectivity index (χ1v) is 8.97. The maximum atomic E-state index is 12.7. The van der Waals surface area contributed by atoms with E-state index in [1.807, 2.05) is 18.2 Å². The first-order valence-electron chi connectivity index (χ1n) is 8.97. The van der Waals surface area contributed by atoms with Crippen molar-refractivity contribution in [1.29, 1.82) is 0 Å². The second kappa shape index (κ2) is 9.41. The second-order valence-corrected chi connectivity index (χ2v) is 6.11. The number of rotatable bonds is 8. The first kappa shape index (κ1) is 19.2. The number of aromatic nitrogens is 1. The molecule has 6 heteroatoms. The Morgan fingerprint density at radius 3 is 2.57 bits per heavy atom. The molecule has 0 fully saturated rings. The fraction of sp³-hybridized carbons (Fsp3) is 0.182. The number of carbonyl (C=O) groups is 1. The van der Waals surface area contributed by atoms with E-state index in [9.17, 15) is 4.79 Å². The van der Waals surface area contributed by atoms with E-state index < -0.39 is 0 Å². The number of pyridine rings is 1. The van der Waals surface area contributed by atoms with Gasteiger partial charge in [0, 0.05) is 24.4 Å². The number of anilines is 2. The summed E-state index contributed by atoms with van der Waals surface area (Å²) < 4.78 is 10.5. The number of nitrogens with zero attached hydrogens (tertiary/aromatic N) is 1. The highest BCUT2D eigenvalue weighted by Gasteiger charge is 2.12. The maximum Gasteiger partial charge on any atom is 0.255 e. The van der Waals surface area contributed by atoms with Gasteiger partial charge >= 0.3 is 0 Å². The summed E-state index contributed by atoms with van der Waals surface area (Å²) in [5.74, 6) is 1.60. The summed E-state index contributed by atoms with van der Waals surface area (Å²) in [6.45, 7) is 0.728. The molecule has 144 valence electrons. The van der Waals surface area contributed by atoms with Crippen LogP contribution in [0.5, 0.6) is 11.5 Å². The molecule has 0 spiro atoms. The lowest BCUT2D eigenvalue weighted by atomic mass is 10.1. The third-order valence-electron chi connectivity index (χ3n) is 4.24. The van der Waals surface area contributed by atoms with Gasteiger partial charge in [0.15, 0.2) is 0 Å². The zero-order valence-corrected chi connectivity index (χ0v) is 15.9. The molecule has 0 aliphatic rings. The Hall–Kier alpha value is -3.54. The van der Waals surface area contributed by atoms with Crippen molar-refractivity contribution in [3.8, 4) is 11.5 Å². The van der Waals surface area contributed by atoms with Crippen LogP contribution in [0.3, 0.4) is 0 Å². The molecule has 1 amide bonds. The third-order valence-corrected chi connectivity index (χ3v) is 4.24. The van der Waals surface area contributed by atoms with E-state index in [-0.39, 0.29) is 5.91 Å². The fourth-order valence-electron chi connectivity index (χ4n) is 2.75. The molecule has 0 aliphatic heterocycles. The molecule has 0 bridgehead atoms. The van der Waals surface area contributed by atoms with Crippen LogP contribution in [0.2, 0.25) is 0 Å². The summed E-state index contributed by atoms with van der Waals surface area (Å²) in [5.41, 5.74) is 2.29. The lowest BCUT2D eigenvalue weighted by Crippen LogP contribution is -2.14. The van der Waals surface area contributed by atoms with Crippen LogP contribution in [-0.4, -0.2) is 31.7 Å². The monoisotopic (exact) mass is 377 g/mol. The van der Waals surface area contributed by atoms with Crippen molar-refractivity contribution in [2.75, 3.05) is 31.4 Å². The molecule has 0 saturated heterocycles. The number of nitrogens with one attached hydrogen (secondary N) is 2. The summed E-state index contributed by atoms with van der Waals surface area (Å²) in [7, 11) is 3.13. The number of benzene rings is 2. The quantitative estimate of drug-likeness (QED) is 0.621. The molecule has 2 N–H and O–H groups in total. The zero-order valence-electron chi connectivity index (χ0n) is 15.9. The van der Waals surface area contributed by atoms with E-state index in [1.165, 1.54) is 5.56 Å². The third kappa shape index (κ3) is 5.01. The van der Waals surface area contributed by atoms with Gasteiger partial charge in [-0.25, -0.2) is 4.98 Å². The number of carbonyl (C=O) groups excluding carboxylic acids is 1. The molecule has 3 aromatic rings. The van der Waals surface area contributed by atoms with Crippen LogP contribution >= 0.6 is 0 Å². The van der Waals surface area contributed by atoms with Gasteiger partial charge in [0.2, 0.25) is 0 Å². The zero-order chi connectivity index (χ0) is 19.8. The first-order chi connectivity index (χ1) is 13.7. The van der Waals surface area contributed by atoms with Gasteiger partial charge < -0.3 is 20.1 Å². The van der Waals surface area contributed by atoms with Crippen molar-refractivity contribution in [2.45, 2.75) is 6.42 Å². The van der Waals surface area contributed by atoms with Crippen molar-refractivity contribution in [1.82, 2.24) is 4.98 Å². The predicted octanol–water partition coefficient (Wildman–Crippen LogP) is 4.01.